The van der Waals surface area contributed by atoms with Crippen molar-refractivity contribution in [1.29, 1.82) is 0 Å². The Morgan fingerprint density at radius 1 is 1.12 bits per heavy atom. The van der Waals surface area contributed by atoms with Gasteiger partial charge in [-0.3, -0.25) is 4.90 Å². The van der Waals surface area contributed by atoms with Crippen LogP contribution in [-0.4, -0.2) is 39.4 Å². The second kappa shape index (κ2) is 7.16. The summed E-state index contributed by atoms with van der Waals surface area (Å²) in [4.78, 5) is 2.28. The minimum absolute atomic E-state index is 0.0984. The number of benzene rings is 1. The molecule has 1 heterocycles. The van der Waals surface area contributed by atoms with Crippen molar-refractivity contribution in [3.8, 4) is 11.5 Å². The number of aliphatic hydroxyl groups excluding tert-OH is 1. The molecule has 0 aromatic heterocycles. The van der Waals surface area contributed by atoms with Gasteiger partial charge in [0.25, 0.3) is 0 Å². The van der Waals surface area contributed by atoms with E-state index in [1.807, 2.05) is 6.92 Å². The highest BCUT2D eigenvalue weighted by Crippen LogP contribution is 2.43. The number of phenols is 2. The fourth-order valence-electron chi connectivity index (χ4n) is 4.05. The second-order valence-corrected chi connectivity index (χ2v) is 7.47. The molecule has 2 aliphatic rings. The van der Waals surface area contributed by atoms with Crippen molar-refractivity contribution in [1.82, 2.24) is 4.90 Å². The number of hydrogen-bond donors (Lipinski definition) is 3. The Kier molecular flexibility index (Phi) is 5.16. The third kappa shape index (κ3) is 3.60. The summed E-state index contributed by atoms with van der Waals surface area (Å²) >= 11 is 0. The number of aliphatic hydroxyl groups is 1. The van der Waals surface area contributed by atoms with Crippen LogP contribution in [0.15, 0.2) is 17.7 Å². The average molecular weight is 331 g/mol. The fourth-order valence-corrected chi connectivity index (χ4v) is 4.05. The number of aromatic hydroxyl groups is 2. The van der Waals surface area contributed by atoms with Crippen LogP contribution in [0.2, 0.25) is 0 Å². The van der Waals surface area contributed by atoms with Gasteiger partial charge >= 0.3 is 0 Å². The summed E-state index contributed by atoms with van der Waals surface area (Å²) in [6.07, 6.45) is 6.74. The van der Waals surface area contributed by atoms with Crippen molar-refractivity contribution in [2.75, 3.05) is 13.1 Å². The van der Waals surface area contributed by atoms with Gasteiger partial charge in [-0.05, 0) is 57.6 Å². The first-order valence-electron chi connectivity index (χ1n) is 9.07. The van der Waals surface area contributed by atoms with E-state index < -0.39 is 0 Å². The molecule has 1 aromatic carbocycles. The molecule has 0 radical (unpaired) electrons. The van der Waals surface area contributed by atoms with Crippen LogP contribution in [0.4, 0.5) is 0 Å². The van der Waals surface area contributed by atoms with Crippen molar-refractivity contribution in [2.24, 2.45) is 0 Å². The van der Waals surface area contributed by atoms with Crippen LogP contribution >= 0.6 is 0 Å². The molecule has 1 aromatic rings. The predicted molar refractivity (Wildman–Crippen MR) is 95.4 cm³/mol. The predicted octanol–water partition coefficient (Wildman–Crippen LogP) is 3.58. The summed E-state index contributed by atoms with van der Waals surface area (Å²) in [6.45, 7) is 6.43. The molecule has 1 atom stereocenters. The van der Waals surface area contributed by atoms with Gasteiger partial charge in [-0.1, -0.05) is 11.6 Å². The minimum Gasteiger partial charge on any atom is -0.507 e. The Labute approximate surface area is 144 Å². The van der Waals surface area contributed by atoms with E-state index in [9.17, 15) is 15.3 Å². The Morgan fingerprint density at radius 3 is 2.50 bits per heavy atom. The van der Waals surface area contributed by atoms with Crippen molar-refractivity contribution in [3.05, 3.63) is 34.4 Å². The molecule has 3 N–H and O–H groups in total. The van der Waals surface area contributed by atoms with Gasteiger partial charge in [0, 0.05) is 36.7 Å². The van der Waals surface area contributed by atoms with Gasteiger partial charge in [-0.25, -0.2) is 0 Å². The van der Waals surface area contributed by atoms with Crippen molar-refractivity contribution in [3.63, 3.8) is 0 Å². The quantitative estimate of drug-likeness (QED) is 0.741. The number of hydrogen-bond acceptors (Lipinski definition) is 4. The monoisotopic (exact) mass is 331 g/mol. The number of allylic oxidation sites excluding steroid dienone is 2. The zero-order chi connectivity index (χ0) is 17.3. The molecule has 1 aliphatic carbocycles. The second-order valence-electron chi connectivity index (χ2n) is 7.47. The van der Waals surface area contributed by atoms with Gasteiger partial charge in [-0.15, -0.1) is 0 Å². The molecule has 1 unspecified atom stereocenters. The molecule has 4 heteroatoms. The Morgan fingerprint density at radius 2 is 1.83 bits per heavy atom. The largest absolute Gasteiger partial charge is 0.507 e. The van der Waals surface area contributed by atoms with E-state index in [4.69, 9.17) is 0 Å². The maximum atomic E-state index is 10.9. The van der Waals surface area contributed by atoms with E-state index in [0.29, 0.717) is 12.1 Å². The number of piperidine rings is 1. The van der Waals surface area contributed by atoms with E-state index >= 15 is 0 Å². The number of phenolic OH excluding ortho intramolecular Hbond substituents is 2. The van der Waals surface area contributed by atoms with Crippen LogP contribution in [0.25, 0.3) is 0 Å². The maximum Gasteiger partial charge on any atom is 0.127 e. The van der Waals surface area contributed by atoms with Gasteiger partial charge in [0.1, 0.15) is 11.5 Å². The zero-order valence-corrected chi connectivity index (χ0v) is 14.8. The first kappa shape index (κ1) is 17.3. The highest BCUT2D eigenvalue weighted by molar-refractivity contribution is 5.55. The lowest BCUT2D eigenvalue weighted by atomic mass is 9.83. The van der Waals surface area contributed by atoms with Gasteiger partial charge in [0.2, 0.25) is 0 Å². The van der Waals surface area contributed by atoms with Gasteiger partial charge in [0.05, 0.1) is 6.10 Å². The number of rotatable bonds is 3. The van der Waals surface area contributed by atoms with Crippen LogP contribution in [-0.2, 0) is 6.54 Å². The van der Waals surface area contributed by atoms with E-state index in [1.54, 1.807) is 6.07 Å². The molecule has 0 saturated carbocycles. The molecule has 4 nitrogen and oxygen atoms in total. The number of likely N-dealkylation sites (tertiary alicyclic amines) is 1. The molecule has 1 fully saturated rings. The molecule has 1 saturated heterocycles. The smallest absolute Gasteiger partial charge is 0.127 e. The molecule has 24 heavy (non-hydrogen) atoms. The zero-order valence-electron chi connectivity index (χ0n) is 14.8. The van der Waals surface area contributed by atoms with Crippen LogP contribution in [0.1, 0.15) is 61.6 Å². The average Bonchev–Trinajstić information content (AvgIpc) is 2.53. The van der Waals surface area contributed by atoms with Crippen molar-refractivity contribution in [2.45, 2.75) is 64.5 Å². The molecule has 0 amide bonds. The van der Waals surface area contributed by atoms with E-state index in [2.05, 4.69) is 17.9 Å². The highest BCUT2D eigenvalue weighted by atomic mass is 16.3. The third-order valence-corrected chi connectivity index (χ3v) is 5.53. The SMILES string of the molecule is CC1=CC(c2c(O)cc(C)c(CN3CCC(O)CC3)c2O)CCC1. The van der Waals surface area contributed by atoms with Crippen LogP contribution in [0.5, 0.6) is 11.5 Å². The van der Waals surface area contributed by atoms with Gasteiger partial charge < -0.3 is 15.3 Å². The molecular weight excluding hydrogens is 302 g/mol. The summed E-state index contributed by atoms with van der Waals surface area (Å²) in [6, 6.07) is 1.79. The highest BCUT2D eigenvalue weighted by Gasteiger charge is 2.25. The lowest BCUT2D eigenvalue weighted by molar-refractivity contribution is 0.0788. The topological polar surface area (TPSA) is 63.9 Å². The molecule has 1 aliphatic heterocycles. The summed E-state index contributed by atoms with van der Waals surface area (Å²) in [5.41, 5.74) is 3.86. The fraction of sp³-hybridized carbons (Fsp3) is 0.600. The van der Waals surface area contributed by atoms with Crippen LogP contribution < -0.4 is 0 Å². The first-order chi connectivity index (χ1) is 11.5. The summed E-state index contributed by atoms with van der Waals surface area (Å²) in [5, 5.41) is 31.0. The standard InChI is InChI=1S/C20H29NO3/c1-13-4-3-5-15(10-13)19-18(23)11-14(2)17(20(19)24)12-21-8-6-16(22)7-9-21/h10-11,15-16,22-24H,3-9,12H2,1-2H3. The molecule has 132 valence electrons. The third-order valence-electron chi connectivity index (χ3n) is 5.53. The Balaban J connectivity index is 1.89. The molecular formula is C20H29NO3. The molecule has 0 spiro atoms. The maximum absolute atomic E-state index is 10.9. The lowest BCUT2D eigenvalue weighted by Crippen LogP contribution is -2.35. The van der Waals surface area contributed by atoms with Crippen molar-refractivity contribution < 1.29 is 15.3 Å². The van der Waals surface area contributed by atoms with Crippen LogP contribution in [0, 0.1) is 6.92 Å². The van der Waals surface area contributed by atoms with Gasteiger partial charge in [-0.2, -0.15) is 0 Å². The first-order valence-corrected chi connectivity index (χ1v) is 9.07. The van der Waals surface area contributed by atoms with E-state index in [1.165, 1.54) is 5.57 Å². The van der Waals surface area contributed by atoms with Crippen molar-refractivity contribution >= 4 is 0 Å². The van der Waals surface area contributed by atoms with E-state index in [-0.39, 0.29) is 23.5 Å². The number of nitrogens with zero attached hydrogens (tertiary/aromatic N) is 1. The minimum atomic E-state index is -0.193. The van der Waals surface area contributed by atoms with Gasteiger partial charge in [0.15, 0.2) is 0 Å². The Bertz CT molecular complexity index is 630. The normalized spacial score (nSPS) is 23.3. The summed E-state index contributed by atoms with van der Waals surface area (Å²) in [7, 11) is 0. The summed E-state index contributed by atoms with van der Waals surface area (Å²) < 4.78 is 0. The van der Waals surface area contributed by atoms with E-state index in [0.717, 1.165) is 56.3 Å². The van der Waals surface area contributed by atoms with Crippen LogP contribution in [0.3, 0.4) is 0 Å². The lowest BCUT2D eigenvalue weighted by Gasteiger charge is -2.31. The molecule has 3 rings (SSSR count). The number of aryl methyl sites for hydroxylation is 1. The summed E-state index contributed by atoms with van der Waals surface area (Å²) in [5.74, 6) is 0.564. The molecule has 0 bridgehead atoms. The Hall–Kier alpha value is -1.52.